The minimum absolute atomic E-state index is 0.0236. The van der Waals surface area contributed by atoms with E-state index in [1.807, 2.05) is 12.3 Å². The number of carbonyl (C=O) groups excluding carboxylic acids is 2. The Bertz CT molecular complexity index is 1150. The lowest BCUT2D eigenvalue weighted by Gasteiger charge is -2.26. The van der Waals surface area contributed by atoms with Gasteiger partial charge in [0.1, 0.15) is 0 Å². The minimum Gasteiger partial charge on any atom is -0.452 e. The first-order valence-corrected chi connectivity index (χ1v) is 13.2. The van der Waals surface area contributed by atoms with Gasteiger partial charge in [-0.2, -0.15) is 0 Å². The van der Waals surface area contributed by atoms with Crippen LogP contribution in [0.1, 0.15) is 29.4 Å². The van der Waals surface area contributed by atoms with Crippen molar-refractivity contribution in [3.8, 4) is 0 Å². The molecule has 0 radical (unpaired) electrons. The second kappa shape index (κ2) is 9.96. The highest BCUT2D eigenvalue weighted by Gasteiger charge is 2.34. The molecule has 0 unspecified atom stereocenters. The molecule has 1 aromatic carbocycles. The molecule has 0 saturated carbocycles. The Morgan fingerprint density at radius 1 is 1.41 bits per heavy atom. The lowest BCUT2D eigenvalue weighted by molar-refractivity contribution is -0.387. The number of hydrogen-bond acceptors (Lipinski definition) is 10. The molecular formula is C19H21N3O7S3. The number of amides is 1. The van der Waals surface area contributed by atoms with Gasteiger partial charge < -0.3 is 9.64 Å². The van der Waals surface area contributed by atoms with Crippen molar-refractivity contribution >= 4 is 50.5 Å². The summed E-state index contributed by atoms with van der Waals surface area (Å²) >= 11 is 2.49. The lowest BCUT2D eigenvalue weighted by atomic mass is 10.2. The van der Waals surface area contributed by atoms with Crippen molar-refractivity contribution in [2.75, 3.05) is 24.7 Å². The fourth-order valence-electron chi connectivity index (χ4n) is 3.30. The number of carbonyl (C=O) groups is 2. The third kappa shape index (κ3) is 5.84. The fourth-order valence-corrected chi connectivity index (χ4v) is 6.91. The van der Waals surface area contributed by atoms with Crippen LogP contribution in [0.3, 0.4) is 0 Å². The number of hydrogen-bond donors (Lipinski definition) is 0. The molecule has 0 spiro atoms. The van der Waals surface area contributed by atoms with E-state index >= 15 is 0 Å². The van der Waals surface area contributed by atoms with Gasteiger partial charge >= 0.3 is 5.97 Å². The number of likely N-dealkylation sites (N-methyl/N-ethyl adjacent to an activating group) is 1. The smallest absolute Gasteiger partial charge is 0.338 e. The molecule has 1 saturated heterocycles. The fraction of sp³-hybridized carbons (Fsp3) is 0.421. The highest BCUT2D eigenvalue weighted by molar-refractivity contribution is 8.01. The molecule has 1 amide bonds. The minimum atomic E-state index is -3.17. The van der Waals surface area contributed by atoms with Crippen LogP contribution in [0.4, 0.5) is 5.69 Å². The van der Waals surface area contributed by atoms with Gasteiger partial charge in [0.15, 0.2) is 20.8 Å². The van der Waals surface area contributed by atoms with Gasteiger partial charge in [-0.25, -0.2) is 18.2 Å². The van der Waals surface area contributed by atoms with Gasteiger partial charge in [0.25, 0.3) is 11.6 Å². The molecule has 1 atom stereocenters. The zero-order valence-corrected chi connectivity index (χ0v) is 19.8. The van der Waals surface area contributed by atoms with Crippen LogP contribution in [0.2, 0.25) is 0 Å². The van der Waals surface area contributed by atoms with E-state index in [4.69, 9.17) is 4.74 Å². The third-order valence-corrected chi connectivity index (χ3v) is 8.70. The molecule has 1 aromatic heterocycles. The van der Waals surface area contributed by atoms with Crippen LogP contribution in [0.25, 0.3) is 0 Å². The molecule has 0 N–H and O–H groups in total. The molecule has 32 heavy (non-hydrogen) atoms. The van der Waals surface area contributed by atoms with E-state index in [9.17, 15) is 28.1 Å². The van der Waals surface area contributed by atoms with Crippen molar-refractivity contribution in [2.45, 2.75) is 35.5 Å². The van der Waals surface area contributed by atoms with Gasteiger partial charge in [-0.1, -0.05) is 11.8 Å². The maximum atomic E-state index is 12.5. The Morgan fingerprint density at radius 3 is 2.72 bits per heavy atom. The SMILES string of the molecule is CCN(C(=O)COC(=O)c1ccc(Sc2nc(C)cs2)c([N+](=O)[O-])c1)[C@@H]1CCS(=O)(=O)C1. The van der Waals surface area contributed by atoms with E-state index in [-0.39, 0.29) is 29.3 Å². The van der Waals surface area contributed by atoms with Crippen molar-refractivity contribution in [3.05, 3.63) is 45.0 Å². The van der Waals surface area contributed by atoms with Crippen molar-refractivity contribution in [2.24, 2.45) is 0 Å². The van der Waals surface area contributed by atoms with Crippen LogP contribution in [0, 0.1) is 17.0 Å². The maximum absolute atomic E-state index is 12.5. The van der Waals surface area contributed by atoms with Crippen molar-refractivity contribution < 1.29 is 27.7 Å². The van der Waals surface area contributed by atoms with Crippen LogP contribution >= 0.6 is 23.1 Å². The molecule has 1 aliphatic heterocycles. The Kier molecular flexibility index (Phi) is 7.51. The molecule has 1 aliphatic rings. The number of nitro groups is 1. The number of esters is 1. The van der Waals surface area contributed by atoms with Crippen molar-refractivity contribution in [1.82, 2.24) is 9.88 Å². The van der Waals surface area contributed by atoms with Crippen molar-refractivity contribution in [1.29, 1.82) is 0 Å². The van der Waals surface area contributed by atoms with Gasteiger partial charge in [-0.3, -0.25) is 14.9 Å². The Hall–Kier alpha value is -2.51. The van der Waals surface area contributed by atoms with E-state index in [2.05, 4.69) is 4.98 Å². The maximum Gasteiger partial charge on any atom is 0.338 e. The molecular weight excluding hydrogens is 478 g/mol. The number of aryl methyl sites for hydroxylation is 1. The normalized spacial score (nSPS) is 17.1. The molecule has 1 fully saturated rings. The second-order valence-corrected chi connectivity index (χ2v) is 11.5. The number of benzene rings is 1. The van der Waals surface area contributed by atoms with Crippen molar-refractivity contribution in [3.63, 3.8) is 0 Å². The number of nitro benzene ring substituents is 1. The first-order chi connectivity index (χ1) is 15.1. The first kappa shape index (κ1) is 24.1. The summed E-state index contributed by atoms with van der Waals surface area (Å²) in [4.78, 5) is 41.8. The van der Waals surface area contributed by atoms with Gasteiger partial charge in [-0.05, 0) is 32.4 Å². The summed E-state index contributed by atoms with van der Waals surface area (Å²) in [5.74, 6) is -1.47. The first-order valence-electron chi connectivity index (χ1n) is 9.65. The predicted molar refractivity (Wildman–Crippen MR) is 119 cm³/mol. The third-order valence-electron chi connectivity index (χ3n) is 4.82. The Morgan fingerprint density at radius 2 is 2.16 bits per heavy atom. The van der Waals surface area contributed by atoms with Crippen LogP contribution < -0.4 is 0 Å². The topological polar surface area (TPSA) is 137 Å². The average molecular weight is 500 g/mol. The summed E-state index contributed by atoms with van der Waals surface area (Å²) in [5.41, 5.74) is 0.479. The molecule has 3 rings (SSSR count). The molecule has 0 aliphatic carbocycles. The average Bonchev–Trinajstić information content (AvgIpc) is 3.31. The largest absolute Gasteiger partial charge is 0.452 e. The molecule has 172 valence electrons. The van der Waals surface area contributed by atoms with E-state index in [1.165, 1.54) is 28.4 Å². The van der Waals surface area contributed by atoms with Crippen LogP contribution in [0.5, 0.6) is 0 Å². The standard InChI is InChI=1S/C19H21N3O7S3/c1-3-21(14-6-7-32(27,28)11-14)17(23)9-29-18(24)13-4-5-16(15(8-13)22(25)26)31-19-20-12(2)10-30-19/h4-5,8,10,14H,3,6-7,9,11H2,1-2H3/t14-/m1/s1. The zero-order chi connectivity index (χ0) is 23.5. The summed E-state index contributed by atoms with van der Waals surface area (Å²) in [5, 5.41) is 13.3. The Labute approximate surface area is 193 Å². The van der Waals surface area contributed by atoms with Crippen LogP contribution in [-0.2, 0) is 19.4 Å². The highest BCUT2D eigenvalue weighted by Crippen LogP contribution is 2.36. The highest BCUT2D eigenvalue weighted by atomic mass is 32.2. The summed E-state index contributed by atoms with van der Waals surface area (Å²) in [6.45, 7) is 3.24. The molecule has 0 bridgehead atoms. The van der Waals surface area contributed by atoms with E-state index in [0.29, 0.717) is 15.7 Å². The summed E-state index contributed by atoms with van der Waals surface area (Å²) < 4.78 is 29.1. The number of aromatic nitrogens is 1. The number of ether oxygens (including phenoxy) is 1. The molecule has 2 aromatic rings. The number of rotatable bonds is 8. The summed E-state index contributed by atoms with van der Waals surface area (Å²) in [7, 11) is -3.17. The monoisotopic (exact) mass is 499 g/mol. The number of nitrogens with zero attached hydrogens (tertiary/aromatic N) is 3. The lowest BCUT2D eigenvalue weighted by Crippen LogP contribution is -2.43. The van der Waals surface area contributed by atoms with Crippen LogP contribution in [-0.4, -0.2) is 65.8 Å². The Balaban J connectivity index is 1.67. The predicted octanol–water partition coefficient (Wildman–Crippen LogP) is 2.70. The number of thiazole rings is 1. The summed E-state index contributed by atoms with van der Waals surface area (Å²) in [6, 6.07) is 3.50. The molecule has 2 heterocycles. The van der Waals surface area contributed by atoms with Gasteiger partial charge in [0.05, 0.1) is 26.9 Å². The second-order valence-electron chi connectivity index (χ2n) is 7.11. The quantitative estimate of drug-likeness (QED) is 0.305. The van der Waals surface area contributed by atoms with E-state index in [1.54, 1.807) is 6.92 Å². The summed E-state index contributed by atoms with van der Waals surface area (Å²) in [6.07, 6.45) is 0.347. The van der Waals surface area contributed by atoms with E-state index in [0.717, 1.165) is 23.5 Å². The number of sulfone groups is 1. The van der Waals surface area contributed by atoms with E-state index < -0.39 is 39.3 Å². The molecule has 13 heteroatoms. The van der Waals surface area contributed by atoms with Gasteiger partial charge in [0.2, 0.25) is 0 Å². The van der Waals surface area contributed by atoms with Crippen LogP contribution in [0.15, 0.2) is 32.8 Å². The van der Waals surface area contributed by atoms with Gasteiger partial charge in [-0.15, -0.1) is 11.3 Å². The van der Waals surface area contributed by atoms with Gasteiger partial charge in [0, 0.05) is 29.7 Å². The zero-order valence-electron chi connectivity index (χ0n) is 17.3. The molecule has 10 nitrogen and oxygen atoms in total.